The maximum atomic E-state index is 12.4. The number of carbonyl (C=O) groups excluding carboxylic acids is 1. The predicted molar refractivity (Wildman–Crippen MR) is 112 cm³/mol. The van der Waals surface area contributed by atoms with Crippen LogP contribution in [0.2, 0.25) is 0 Å². The van der Waals surface area contributed by atoms with Crippen molar-refractivity contribution in [2.45, 2.75) is 39.7 Å². The topological polar surface area (TPSA) is 64.0 Å². The van der Waals surface area contributed by atoms with Crippen molar-refractivity contribution in [3.05, 3.63) is 82.1 Å². The van der Waals surface area contributed by atoms with Gasteiger partial charge in [0.05, 0.1) is 5.69 Å². The number of aryl methyl sites for hydroxylation is 2. The number of hydrogen-bond acceptors (Lipinski definition) is 3. The van der Waals surface area contributed by atoms with Crippen LogP contribution in [-0.2, 0) is 17.8 Å². The summed E-state index contributed by atoms with van der Waals surface area (Å²) in [7, 11) is 0. The Morgan fingerprint density at radius 3 is 2.50 bits per heavy atom. The number of carbonyl (C=O) groups is 1. The van der Waals surface area contributed by atoms with E-state index >= 15 is 0 Å². The van der Waals surface area contributed by atoms with Crippen molar-refractivity contribution in [2.75, 3.05) is 5.32 Å². The highest BCUT2D eigenvalue weighted by atomic mass is 16.2. The van der Waals surface area contributed by atoms with E-state index in [-0.39, 0.29) is 18.0 Å². The normalized spacial score (nSPS) is 10.6. The van der Waals surface area contributed by atoms with E-state index < -0.39 is 0 Å². The van der Waals surface area contributed by atoms with Crippen LogP contribution in [0.25, 0.3) is 11.3 Å². The molecule has 3 aromatic rings. The summed E-state index contributed by atoms with van der Waals surface area (Å²) in [4.78, 5) is 24.5. The number of benzene rings is 2. The van der Waals surface area contributed by atoms with Gasteiger partial charge in [0.2, 0.25) is 5.91 Å². The molecule has 1 N–H and O–H groups in total. The first-order valence-corrected chi connectivity index (χ1v) is 9.60. The molecule has 5 heteroatoms. The number of hydrogen-bond donors (Lipinski definition) is 1. The predicted octanol–water partition coefficient (Wildman–Crippen LogP) is 4.20. The number of nitrogens with one attached hydrogen (secondary N) is 1. The summed E-state index contributed by atoms with van der Waals surface area (Å²) in [6, 6.07) is 18.8. The minimum Gasteiger partial charge on any atom is -0.324 e. The van der Waals surface area contributed by atoms with Gasteiger partial charge in [-0.05, 0) is 49.1 Å². The molecule has 0 spiro atoms. The lowest BCUT2D eigenvalue weighted by atomic mass is 10.1. The second-order valence-electron chi connectivity index (χ2n) is 6.88. The standard InChI is InChI=1S/C23H25N3O2/c1-3-4-8-18-10-12-19(13-11-18)24-22(27)16-26-23(28)15-14-21(25-26)20-9-6-5-7-17(20)2/h5-7,9-15H,3-4,8,16H2,1-2H3,(H,24,27). The summed E-state index contributed by atoms with van der Waals surface area (Å²) < 4.78 is 1.20. The van der Waals surface area contributed by atoms with Gasteiger partial charge in [0.25, 0.3) is 5.56 Å². The van der Waals surface area contributed by atoms with Gasteiger partial charge < -0.3 is 5.32 Å². The number of unbranched alkanes of at least 4 members (excludes halogenated alkanes) is 1. The lowest BCUT2D eigenvalue weighted by Crippen LogP contribution is -2.29. The molecule has 5 nitrogen and oxygen atoms in total. The van der Waals surface area contributed by atoms with Gasteiger partial charge in [-0.3, -0.25) is 9.59 Å². The smallest absolute Gasteiger partial charge is 0.267 e. The van der Waals surface area contributed by atoms with Crippen molar-refractivity contribution in [2.24, 2.45) is 0 Å². The van der Waals surface area contributed by atoms with Gasteiger partial charge in [0.15, 0.2) is 0 Å². The Morgan fingerprint density at radius 2 is 1.79 bits per heavy atom. The van der Waals surface area contributed by atoms with Crippen LogP contribution in [0, 0.1) is 6.92 Å². The first-order chi connectivity index (χ1) is 13.6. The molecule has 0 aliphatic heterocycles. The van der Waals surface area contributed by atoms with Gasteiger partial charge in [-0.2, -0.15) is 5.10 Å². The van der Waals surface area contributed by atoms with Crippen LogP contribution in [0.4, 0.5) is 5.69 Å². The lowest BCUT2D eigenvalue weighted by Gasteiger charge is -2.10. The average Bonchev–Trinajstić information content (AvgIpc) is 2.69. The van der Waals surface area contributed by atoms with Crippen molar-refractivity contribution in [1.82, 2.24) is 9.78 Å². The van der Waals surface area contributed by atoms with Crippen molar-refractivity contribution < 1.29 is 4.79 Å². The summed E-state index contributed by atoms with van der Waals surface area (Å²) in [6.07, 6.45) is 3.34. The first-order valence-electron chi connectivity index (χ1n) is 9.60. The largest absolute Gasteiger partial charge is 0.324 e. The minimum absolute atomic E-state index is 0.129. The Morgan fingerprint density at radius 1 is 1.04 bits per heavy atom. The number of amides is 1. The average molecular weight is 375 g/mol. The molecule has 0 unspecified atom stereocenters. The van der Waals surface area contributed by atoms with Crippen LogP contribution in [0.3, 0.4) is 0 Å². The van der Waals surface area contributed by atoms with Gasteiger partial charge in [-0.1, -0.05) is 49.7 Å². The molecular weight excluding hydrogens is 350 g/mol. The van der Waals surface area contributed by atoms with Crippen LogP contribution >= 0.6 is 0 Å². The molecule has 1 amide bonds. The molecule has 0 saturated carbocycles. The Bertz CT molecular complexity index is 1010. The summed E-state index contributed by atoms with van der Waals surface area (Å²) in [5.74, 6) is -0.280. The van der Waals surface area contributed by atoms with Crippen molar-refractivity contribution in [3.63, 3.8) is 0 Å². The third-order valence-corrected chi connectivity index (χ3v) is 4.64. The Balaban J connectivity index is 1.71. The van der Waals surface area contributed by atoms with Crippen LogP contribution < -0.4 is 10.9 Å². The van der Waals surface area contributed by atoms with Crippen molar-refractivity contribution in [1.29, 1.82) is 0 Å². The molecule has 0 aliphatic rings. The van der Waals surface area contributed by atoms with Crippen LogP contribution in [0.1, 0.15) is 30.9 Å². The molecule has 28 heavy (non-hydrogen) atoms. The molecule has 1 aromatic heterocycles. The molecule has 1 heterocycles. The highest BCUT2D eigenvalue weighted by Gasteiger charge is 2.09. The highest BCUT2D eigenvalue weighted by molar-refractivity contribution is 5.90. The van der Waals surface area contributed by atoms with E-state index in [4.69, 9.17) is 0 Å². The van der Waals surface area contributed by atoms with E-state index in [1.165, 1.54) is 16.3 Å². The summed E-state index contributed by atoms with van der Waals surface area (Å²) in [5, 5.41) is 7.21. The van der Waals surface area contributed by atoms with E-state index in [0.717, 1.165) is 30.4 Å². The number of anilines is 1. The number of rotatable bonds is 7. The zero-order valence-electron chi connectivity index (χ0n) is 16.3. The maximum absolute atomic E-state index is 12.4. The number of nitrogens with zero attached hydrogens (tertiary/aromatic N) is 2. The lowest BCUT2D eigenvalue weighted by molar-refractivity contribution is -0.117. The van der Waals surface area contributed by atoms with Gasteiger partial charge >= 0.3 is 0 Å². The monoisotopic (exact) mass is 375 g/mol. The van der Waals surface area contributed by atoms with Crippen molar-refractivity contribution in [3.8, 4) is 11.3 Å². The minimum atomic E-state index is -0.303. The zero-order chi connectivity index (χ0) is 19.9. The second-order valence-corrected chi connectivity index (χ2v) is 6.88. The van der Waals surface area contributed by atoms with E-state index in [2.05, 4.69) is 17.3 Å². The van der Waals surface area contributed by atoms with E-state index in [0.29, 0.717) is 11.4 Å². The van der Waals surface area contributed by atoms with Gasteiger partial charge in [0.1, 0.15) is 6.54 Å². The van der Waals surface area contributed by atoms with E-state index in [1.54, 1.807) is 6.07 Å². The molecule has 0 radical (unpaired) electrons. The fraction of sp³-hybridized carbons (Fsp3) is 0.261. The molecule has 3 rings (SSSR count). The molecule has 0 fully saturated rings. The molecule has 144 valence electrons. The SMILES string of the molecule is CCCCc1ccc(NC(=O)Cn2nc(-c3ccccc3C)ccc2=O)cc1. The summed E-state index contributed by atoms with van der Waals surface area (Å²) in [5.41, 5.74) is 4.34. The Hall–Kier alpha value is -3.21. The first kappa shape index (κ1) is 19.5. The maximum Gasteiger partial charge on any atom is 0.267 e. The third-order valence-electron chi connectivity index (χ3n) is 4.64. The molecular formula is C23H25N3O2. The zero-order valence-corrected chi connectivity index (χ0v) is 16.3. The molecule has 0 aliphatic carbocycles. The molecule has 0 atom stereocenters. The van der Waals surface area contributed by atoms with E-state index in [9.17, 15) is 9.59 Å². The third kappa shape index (κ3) is 4.94. The number of aromatic nitrogens is 2. The van der Waals surface area contributed by atoms with Crippen LogP contribution in [0.5, 0.6) is 0 Å². The van der Waals surface area contributed by atoms with Gasteiger partial charge in [-0.15, -0.1) is 0 Å². The van der Waals surface area contributed by atoms with E-state index in [1.807, 2.05) is 55.5 Å². The molecule has 0 saturated heterocycles. The Kier molecular flexibility index (Phi) is 6.37. The summed E-state index contributed by atoms with van der Waals surface area (Å²) >= 11 is 0. The molecule has 0 bridgehead atoms. The van der Waals surface area contributed by atoms with Crippen molar-refractivity contribution >= 4 is 11.6 Å². The second kappa shape index (κ2) is 9.13. The van der Waals surface area contributed by atoms with Gasteiger partial charge in [0, 0.05) is 17.3 Å². The van der Waals surface area contributed by atoms with Crippen LogP contribution in [0.15, 0.2) is 65.5 Å². The fourth-order valence-electron chi connectivity index (χ4n) is 3.04. The van der Waals surface area contributed by atoms with Crippen LogP contribution in [-0.4, -0.2) is 15.7 Å². The van der Waals surface area contributed by atoms with Gasteiger partial charge in [-0.25, -0.2) is 4.68 Å². The quantitative estimate of drug-likeness (QED) is 0.673. The highest BCUT2D eigenvalue weighted by Crippen LogP contribution is 2.19. The fourth-order valence-corrected chi connectivity index (χ4v) is 3.04. The molecule has 2 aromatic carbocycles. The summed E-state index contributed by atoms with van der Waals surface area (Å²) in [6.45, 7) is 4.03. The Labute approximate surface area is 165 Å².